The van der Waals surface area contributed by atoms with Crippen LogP contribution in [0.2, 0.25) is 0 Å². The molecule has 0 aliphatic rings. The highest BCUT2D eigenvalue weighted by atomic mass is 79.9. The number of benzene rings is 1. The Hall–Kier alpha value is -0.940. The van der Waals surface area contributed by atoms with Crippen molar-refractivity contribution < 1.29 is 14.3 Å². The Morgan fingerprint density at radius 1 is 1.57 bits per heavy atom. The van der Waals surface area contributed by atoms with Crippen LogP contribution < -0.4 is 5.73 Å². The van der Waals surface area contributed by atoms with Gasteiger partial charge in [-0.15, -0.1) is 0 Å². The van der Waals surface area contributed by atoms with Gasteiger partial charge >= 0.3 is 0 Å². The highest BCUT2D eigenvalue weighted by Crippen LogP contribution is 2.16. The quantitative estimate of drug-likeness (QED) is 0.800. The van der Waals surface area contributed by atoms with Gasteiger partial charge in [-0.1, -0.05) is 6.07 Å². The average Bonchev–Trinajstić information content (AvgIpc) is 2.13. The topological polar surface area (TPSA) is 63.3 Å². The summed E-state index contributed by atoms with van der Waals surface area (Å²) >= 11 is 3.07. The highest BCUT2D eigenvalue weighted by molar-refractivity contribution is 9.10. The van der Waals surface area contributed by atoms with Crippen molar-refractivity contribution in [3.05, 3.63) is 34.1 Å². The molecule has 3 nitrogen and oxygen atoms in total. The molecule has 0 aliphatic heterocycles. The summed E-state index contributed by atoms with van der Waals surface area (Å²) in [5.41, 5.74) is 6.25. The Morgan fingerprint density at radius 2 is 2.14 bits per heavy atom. The van der Waals surface area contributed by atoms with E-state index in [-0.39, 0.29) is 12.3 Å². The minimum atomic E-state index is -0.250. The molecule has 3 N–H and O–H groups in total. The van der Waals surface area contributed by atoms with Crippen LogP contribution in [0.5, 0.6) is 0 Å². The second kappa shape index (κ2) is 7.46. The number of carboxylic acid groups (broad SMARTS) is 1. The SMILES string of the molecule is NCCc1ccc(Br)c(F)c1.O=CO. The summed E-state index contributed by atoms with van der Waals surface area (Å²) in [6.45, 7) is 0.307. The van der Waals surface area contributed by atoms with E-state index in [1.165, 1.54) is 6.07 Å². The van der Waals surface area contributed by atoms with Gasteiger partial charge in [-0.2, -0.15) is 0 Å². The Balaban J connectivity index is 0.000000500. The van der Waals surface area contributed by atoms with E-state index in [1.807, 2.05) is 6.07 Å². The summed E-state index contributed by atoms with van der Waals surface area (Å²) in [6, 6.07) is 5.05. The smallest absolute Gasteiger partial charge is 0.290 e. The lowest BCUT2D eigenvalue weighted by atomic mass is 10.1. The summed E-state index contributed by atoms with van der Waals surface area (Å²) in [4.78, 5) is 8.36. The number of rotatable bonds is 2. The van der Waals surface area contributed by atoms with E-state index in [0.717, 1.165) is 12.0 Å². The number of nitrogens with two attached hydrogens (primary N) is 1. The van der Waals surface area contributed by atoms with Gasteiger partial charge in [-0.25, -0.2) is 4.39 Å². The van der Waals surface area contributed by atoms with Crippen molar-refractivity contribution in [2.24, 2.45) is 5.73 Å². The predicted octanol–water partition coefficient (Wildman–Crippen LogP) is 1.79. The van der Waals surface area contributed by atoms with Gasteiger partial charge < -0.3 is 10.8 Å². The molecule has 0 aliphatic carbocycles. The third-order valence-electron chi connectivity index (χ3n) is 1.42. The minimum Gasteiger partial charge on any atom is -0.483 e. The third kappa shape index (κ3) is 4.94. The van der Waals surface area contributed by atoms with Crippen molar-refractivity contribution in [1.82, 2.24) is 0 Å². The fraction of sp³-hybridized carbons (Fsp3) is 0.222. The molecule has 5 heteroatoms. The van der Waals surface area contributed by atoms with E-state index in [4.69, 9.17) is 15.6 Å². The van der Waals surface area contributed by atoms with Crippen molar-refractivity contribution in [1.29, 1.82) is 0 Å². The van der Waals surface area contributed by atoms with Crippen LogP contribution in [0.4, 0.5) is 4.39 Å². The van der Waals surface area contributed by atoms with Crippen molar-refractivity contribution in [2.75, 3.05) is 6.54 Å². The van der Waals surface area contributed by atoms with Gasteiger partial charge in [0.2, 0.25) is 0 Å². The second-order valence-corrected chi connectivity index (χ2v) is 3.25. The molecule has 0 bridgehead atoms. The zero-order valence-electron chi connectivity index (χ0n) is 7.41. The Bertz CT molecular complexity index is 294. The zero-order valence-corrected chi connectivity index (χ0v) is 9.00. The van der Waals surface area contributed by atoms with E-state index in [1.54, 1.807) is 6.07 Å². The van der Waals surface area contributed by atoms with Crippen LogP contribution in [-0.4, -0.2) is 18.1 Å². The molecule has 0 saturated carbocycles. The molecular weight excluding hydrogens is 253 g/mol. The number of hydrogen-bond acceptors (Lipinski definition) is 2. The molecule has 14 heavy (non-hydrogen) atoms. The normalized spacial score (nSPS) is 8.79. The summed E-state index contributed by atoms with van der Waals surface area (Å²) < 4.78 is 13.3. The number of halogens is 2. The van der Waals surface area contributed by atoms with Crippen LogP contribution in [0.25, 0.3) is 0 Å². The van der Waals surface area contributed by atoms with Gasteiger partial charge in [0.15, 0.2) is 0 Å². The van der Waals surface area contributed by atoms with E-state index >= 15 is 0 Å². The molecule has 0 spiro atoms. The van der Waals surface area contributed by atoms with Gasteiger partial charge in [0.05, 0.1) is 4.47 Å². The molecule has 0 unspecified atom stereocenters. The standard InChI is InChI=1S/C8H9BrFN.CH2O2/c9-7-2-1-6(3-4-11)5-8(7)10;2-1-3/h1-2,5H,3-4,11H2;1H,(H,2,3). The molecule has 0 atom stereocenters. The molecular formula is C9H11BrFNO2. The molecule has 0 aromatic heterocycles. The summed E-state index contributed by atoms with van der Waals surface area (Å²) in [5.74, 6) is -0.226. The van der Waals surface area contributed by atoms with E-state index in [0.29, 0.717) is 11.0 Å². The minimum absolute atomic E-state index is 0.226. The van der Waals surface area contributed by atoms with Crippen molar-refractivity contribution in [2.45, 2.75) is 6.42 Å². The lowest BCUT2D eigenvalue weighted by molar-refractivity contribution is -0.122. The van der Waals surface area contributed by atoms with Gasteiger partial charge in [0.25, 0.3) is 6.47 Å². The summed E-state index contributed by atoms with van der Waals surface area (Å²) in [7, 11) is 0. The van der Waals surface area contributed by atoms with Crippen LogP contribution in [0.15, 0.2) is 22.7 Å². The average molecular weight is 264 g/mol. The van der Waals surface area contributed by atoms with Crippen LogP contribution in [0.1, 0.15) is 5.56 Å². The Labute approximate surface area is 89.9 Å². The Kier molecular flexibility index (Phi) is 6.96. The largest absolute Gasteiger partial charge is 0.483 e. The van der Waals surface area contributed by atoms with Crippen LogP contribution in [-0.2, 0) is 11.2 Å². The molecule has 0 radical (unpaired) electrons. The van der Waals surface area contributed by atoms with Crippen LogP contribution >= 0.6 is 15.9 Å². The third-order valence-corrected chi connectivity index (χ3v) is 2.06. The predicted molar refractivity (Wildman–Crippen MR) is 55.6 cm³/mol. The van der Waals surface area contributed by atoms with Gasteiger partial charge in [-0.05, 0) is 46.6 Å². The zero-order chi connectivity index (χ0) is 11.0. The van der Waals surface area contributed by atoms with Crippen molar-refractivity contribution in [3.63, 3.8) is 0 Å². The lowest BCUT2D eigenvalue weighted by Crippen LogP contribution is -2.02. The van der Waals surface area contributed by atoms with Crippen LogP contribution in [0.3, 0.4) is 0 Å². The summed E-state index contributed by atoms with van der Waals surface area (Å²) in [6.07, 6.45) is 0.726. The maximum atomic E-state index is 12.8. The van der Waals surface area contributed by atoms with Gasteiger partial charge in [-0.3, -0.25) is 4.79 Å². The first-order valence-corrected chi connectivity index (χ1v) is 4.66. The number of hydrogen-bond donors (Lipinski definition) is 2. The molecule has 1 aromatic carbocycles. The lowest BCUT2D eigenvalue weighted by Gasteiger charge is -1.99. The van der Waals surface area contributed by atoms with Crippen LogP contribution in [0, 0.1) is 5.82 Å². The maximum Gasteiger partial charge on any atom is 0.290 e. The molecule has 0 saturated heterocycles. The molecule has 0 heterocycles. The molecule has 0 fully saturated rings. The molecule has 1 aromatic rings. The fourth-order valence-corrected chi connectivity index (χ4v) is 1.11. The summed E-state index contributed by atoms with van der Waals surface area (Å²) in [5, 5.41) is 6.89. The van der Waals surface area contributed by atoms with Gasteiger partial charge in [0.1, 0.15) is 5.82 Å². The second-order valence-electron chi connectivity index (χ2n) is 2.39. The van der Waals surface area contributed by atoms with E-state index < -0.39 is 0 Å². The first-order chi connectivity index (χ1) is 6.65. The fourth-order valence-electron chi connectivity index (χ4n) is 0.862. The van der Waals surface area contributed by atoms with E-state index in [2.05, 4.69) is 15.9 Å². The molecule has 1 rings (SSSR count). The maximum absolute atomic E-state index is 12.8. The highest BCUT2D eigenvalue weighted by Gasteiger charge is 1.98. The first-order valence-electron chi connectivity index (χ1n) is 3.87. The molecule has 78 valence electrons. The Morgan fingerprint density at radius 3 is 2.57 bits per heavy atom. The van der Waals surface area contributed by atoms with Crippen molar-refractivity contribution >= 4 is 22.4 Å². The molecule has 0 amide bonds. The monoisotopic (exact) mass is 263 g/mol. The number of carbonyl (C=O) groups is 1. The van der Waals surface area contributed by atoms with Crippen molar-refractivity contribution in [3.8, 4) is 0 Å². The van der Waals surface area contributed by atoms with E-state index in [9.17, 15) is 4.39 Å². The van der Waals surface area contributed by atoms with Gasteiger partial charge in [0, 0.05) is 0 Å². The first kappa shape index (κ1) is 13.1.